The second-order valence-corrected chi connectivity index (χ2v) is 5.97. The van der Waals surface area contributed by atoms with Crippen LogP contribution in [0.5, 0.6) is 0 Å². The summed E-state index contributed by atoms with van der Waals surface area (Å²) in [6.45, 7) is 0. The molecule has 0 bridgehead atoms. The summed E-state index contributed by atoms with van der Waals surface area (Å²) in [6.07, 6.45) is 0. The van der Waals surface area contributed by atoms with Crippen LogP contribution in [-0.2, 0) is 0 Å². The van der Waals surface area contributed by atoms with Crippen LogP contribution < -0.4 is 0 Å². The summed E-state index contributed by atoms with van der Waals surface area (Å²) in [5, 5.41) is 0.722. The number of aromatic nitrogens is 2. The first-order valence-electron chi connectivity index (χ1n) is 5.31. The molecule has 0 amide bonds. The average Bonchev–Trinajstić information content (AvgIpc) is 2.65. The summed E-state index contributed by atoms with van der Waals surface area (Å²) in [5.74, 6) is 0. The van der Waals surface area contributed by atoms with Gasteiger partial charge in [0, 0.05) is 14.3 Å². The van der Waals surface area contributed by atoms with Gasteiger partial charge in [0.05, 0.1) is 11.0 Å². The predicted molar refractivity (Wildman–Crippen MR) is 86.2 cm³/mol. The summed E-state index contributed by atoms with van der Waals surface area (Å²) in [5.41, 5.74) is 3.13. The van der Waals surface area contributed by atoms with Crippen molar-refractivity contribution in [3.8, 4) is 5.69 Å². The van der Waals surface area contributed by atoms with Crippen molar-refractivity contribution in [2.24, 2.45) is 0 Å². The van der Waals surface area contributed by atoms with Crippen LogP contribution in [0.25, 0.3) is 16.7 Å². The fraction of sp³-hybridized carbons (Fsp3) is 0. The normalized spacial score (nSPS) is 11.0. The third-order valence-corrected chi connectivity index (χ3v) is 3.94. The smallest absolute Gasteiger partial charge is 0.182 e. The number of hydrogen-bond acceptors (Lipinski definition) is 1. The zero-order valence-electron chi connectivity index (χ0n) is 9.15. The number of hydrogen-bond donors (Lipinski definition) is 1. The lowest BCUT2D eigenvalue weighted by Gasteiger charge is -2.04. The van der Waals surface area contributed by atoms with Gasteiger partial charge in [0.25, 0.3) is 0 Å². The van der Waals surface area contributed by atoms with E-state index >= 15 is 0 Å². The predicted octanol–water partition coefficient (Wildman–Crippen LogP) is 4.95. The molecule has 1 heterocycles. The molecule has 3 aromatic rings. The van der Waals surface area contributed by atoms with Crippen molar-refractivity contribution < 1.29 is 0 Å². The first kappa shape index (κ1) is 12.2. The van der Waals surface area contributed by atoms with Crippen molar-refractivity contribution in [3.63, 3.8) is 0 Å². The monoisotopic (exact) mass is 386 g/mol. The Balaban J connectivity index is 2.32. The number of fused-ring (bicyclic) bond motifs is 1. The van der Waals surface area contributed by atoms with E-state index in [0.29, 0.717) is 4.77 Å². The maximum atomic E-state index is 5.91. The molecule has 0 atom stereocenters. The van der Waals surface area contributed by atoms with Gasteiger partial charge in [-0.25, -0.2) is 0 Å². The van der Waals surface area contributed by atoms with E-state index in [1.807, 2.05) is 28.8 Å². The summed E-state index contributed by atoms with van der Waals surface area (Å²) in [4.78, 5) is 3.22. The number of nitrogens with one attached hydrogen (secondary N) is 1. The quantitative estimate of drug-likeness (QED) is 0.464. The van der Waals surface area contributed by atoms with E-state index in [1.165, 1.54) is 3.57 Å². The molecule has 0 aliphatic rings. The van der Waals surface area contributed by atoms with Gasteiger partial charge < -0.3 is 4.98 Å². The van der Waals surface area contributed by atoms with Gasteiger partial charge in [-0.3, -0.25) is 4.57 Å². The average molecular weight is 387 g/mol. The van der Waals surface area contributed by atoms with Crippen molar-refractivity contribution in [2.45, 2.75) is 0 Å². The van der Waals surface area contributed by atoms with Crippen molar-refractivity contribution in [3.05, 3.63) is 55.8 Å². The minimum absolute atomic E-state index is 0.689. The number of H-pyrrole nitrogens is 1. The van der Waals surface area contributed by atoms with E-state index in [0.717, 1.165) is 21.7 Å². The van der Waals surface area contributed by atoms with Gasteiger partial charge in [0.2, 0.25) is 0 Å². The standard InChI is InChI=1S/C13H8ClIN2S/c14-8-1-4-10(5-2-8)17-12-6-3-9(15)7-11(12)16-13(17)18/h1-7H,(H,16,18). The molecule has 3 rings (SSSR count). The van der Waals surface area contributed by atoms with Crippen LogP contribution in [0, 0.1) is 8.34 Å². The van der Waals surface area contributed by atoms with Crippen LogP contribution in [0.15, 0.2) is 42.5 Å². The molecule has 0 radical (unpaired) electrons. The molecule has 90 valence electrons. The number of rotatable bonds is 1. The number of benzene rings is 2. The maximum absolute atomic E-state index is 5.91. The highest BCUT2D eigenvalue weighted by molar-refractivity contribution is 14.1. The van der Waals surface area contributed by atoms with E-state index in [-0.39, 0.29) is 0 Å². The Labute approximate surface area is 128 Å². The second-order valence-electron chi connectivity index (χ2n) is 3.90. The first-order chi connectivity index (χ1) is 8.65. The molecule has 0 spiro atoms. The van der Waals surface area contributed by atoms with Gasteiger partial charge in [-0.15, -0.1) is 0 Å². The lowest BCUT2D eigenvalue weighted by Crippen LogP contribution is -1.93. The van der Waals surface area contributed by atoms with Gasteiger partial charge in [-0.2, -0.15) is 0 Å². The maximum Gasteiger partial charge on any atom is 0.182 e. The van der Waals surface area contributed by atoms with Gasteiger partial charge in [0.1, 0.15) is 0 Å². The Morgan fingerprint density at radius 1 is 1.11 bits per heavy atom. The van der Waals surface area contributed by atoms with E-state index in [4.69, 9.17) is 23.8 Å². The number of imidazole rings is 1. The largest absolute Gasteiger partial charge is 0.330 e. The van der Waals surface area contributed by atoms with Gasteiger partial charge in [-0.05, 0) is 77.3 Å². The van der Waals surface area contributed by atoms with Crippen molar-refractivity contribution in [2.75, 3.05) is 0 Å². The van der Waals surface area contributed by atoms with E-state index < -0.39 is 0 Å². The molecular weight excluding hydrogens is 379 g/mol. The van der Waals surface area contributed by atoms with Crippen LogP contribution in [0.3, 0.4) is 0 Å². The molecule has 0 saturated carbocycles. The minimum Gasteiger partial charge on any atom is -0.330 e. The van der Waals surface area contributed by atoms with Crippen molar-refractivity contribution in [1.82, 2.24) is 9.55 Å². The number of aromatic amines is 1. The van der Waals surface area contributed by atoms with Crippen LogP contribution in [0.1, 0.15) is 0 Å². The van der Waals surface area contributed by atoms with E-state index in [2.05, 4.69) is 45.8 Å². The van der Waals surface area contributed by atoms with Gasteiger partial charge >= 0.3 is 0 Å². The van der Waals surface area contributed by atoms with E-state index in [1.54, 1.807) is 0 Å². The summed E-state index contributed by atoms with van der Waals surface area (Å²) < 4.78 is 3.88. The molecule has 2 aromatic carbocycles. The molecule has 0 unspecified atom stereocenters. The number of halogens is 2. The minimum atomic E-state index is 0.689. The molecule has 1 N–H and O–H groups in total. The fourth-order valence-electron chi connectivity index (χ4n) is 1.93. The topological polar surface area (TPSA) is 20.7 Å². The highest BCUT2D eigenvalue weighted by atomic mass is 127. The van der Waals surface area contributed by atoms with Crippen LogP contribution in [0.4, 0.5) is 0 Å². The summed E-state index contributed by atoms with van der Waals surface area (Å²) in [6, 6.07) is 13.9. The van der Waals surface area contributed by atoms with Crippen LogP contribution in [0.2, 0.25) is 5.02 Å². The Bertz CT molecular complexity index is 774. The molecule has 0 saturated heterocycles. The Kier molecular flexibility index (Phi) is 3.17. The summed E-state index contributed by atoms with van der Waals surface area (Å²) in [7, 11) is 0. The molecule has 0 aliphatic carbocycles. The van der Waals surface area contributed by atoms with E-state index in [9.17, 15) is 0 Å². The number of nitrogens with zero attached hydrogens (tertiary/aromatic N) is 1. The molecular formula is C13H8ClIN2S. The third kappa shape index (κ3) is 2.08. The second kappa shape index (κ2) is 4.68. The highest BCUT2D eigenvalue weighted by Gasteiger charge is 2.06. The van der Waals surface area contributed by atoms with Crippen molar-refractivity contribution in [1.29, 1.82) is 0 Å². The Morgan fingerprint density at radius 3 is 2.56 bits per heavy atom. The SMILES string of the molecule is S=c1[nH]c2cc(I)ccc2n1-c1ccc(Cl)cc1. The third-order valence-electron chi connectivity index (χ3n) is 2.73. The molecule has 5 heteroatoms. The molecule has 1 aromatic heterocycles. The van der Waals surface area contributed by atoms with Crippen molar-refractivity contribution >= 4 is 57.4 Å². The zero-order chi connectivity index (χ0) is 12.7. The van der Waals surface area contributed by atoms with Crippen LogP contribution >= 0.6 is 46.4 Å². The molecule has 2 nitrogen and oxygen atoms in total. The lowest BCUT2D eigenvalue weighted by molar-refractivity contribution is 1.06. The fourth-order valence-corrected chi connectivity index (χ4v) is 2.86. The highest BCUT2D eigenvalue weighted by Crippen LogP contribution is 2.22. The first-order valence-corrected chi connectivity index (χ1v) is 7.18. The van der Waals surface area contributed by atoms with Gasteiger partial charge in [0.15, 0.2) is 4.77 Å². The summed E-state index contributed by atoms with van der Waals surface area (Å²) >= 11 is 13.6. The van der Waals surface area contributed by atoms with Gasteiger partial charge in [-0.1, -0.05) is 11.6 Å². The Morgan fingerprint density at radius 2 is 1.83 bits per heavy atom. The zero-order valence-corrected chi connectivity index (χ0v) is 12.9. The molecule has 0 aliphatic heterocycles. The lowest BCUT2D eigenvalue weighted by atomic mass is 10.3. The molecule has 0 fully saturated rings. The molecule has 18 heavy (non-hydrogen) atoms. The van der Waals surface area contributed by atoms with Crippen LogP contribution in [-0.4, -0.2) is 9.55 Å². The Hall–Kier alpha value is -0.850.